The van der Waals surface area contributed by atoms with Crippen LogP contribution in [0.4, 0.5) is 5.69 Å². The molecular weight excluding hydrogens is 272 g/mol. The topological polar surface area (TPSA) is 38.3 Å². The van der Waals surface area contributed by atoms with Gasteiger partial charge in [-0.1, -0.05) is 34.8 Å². The highest BCUT2D eigenvalue weighted by molar-refractivity contribution is 6.42. The highest BCUT2D eigenvalue weighted by atomic mass is 35.5. The van der Waals surface area contributed by atoms with Gasteiger partial charge in [0.1, 0.15) is 6.10 Å². The third kappa shape index (κ3) is 3.25. The van der Waals surface area contributed by atoms with Crippen molar-refractivity contribution < 1.29 is 9.53 Å². The molecule has 0 aliphatic rings. The number of hydrogen-bond acceptors (Lipinski definition) is 2. The Morgan fingerprint density at radius 2 is 1.81 bits per heavy atom. The van der Waals surface area contributed by atoms with Crippen molar-refractivity contribution in [2.75, 3.05) is 12.4 Å². The fourth-order valence-electron chi connectivity index (χ4n) is 0.993. The van der Waals surface area contributed by atoms with E-state index in [-0.39, 0.29) is 16.0 Å². The van der Waals surface area contributed by atoms with Crippen LogP contribution in [0.25, 0.3) is 0 Å². The van der Waals surface area contributed by atoms with E-state index in [9.17, 15) is 4.79 Å². The third-order valence-corrected chi connectivity index (χ3v) is 2.79. The molecule has 1 rings (SSSR count). The van der Waals surface area contributed by atoms with E-state index in [1.165, 1.54) is 19.2 Å². The lowest BCUT2D eigenvalue weighted by atomic mass is 10.3. The van der Waals surface area contributed by atoms with E-state index in [2.05, 4.69) is 5.32 Å². The van der Waals surface area contributed by atoms with Crippen molar-refractivity contribution in [2.24, 2.45) is 0 Å². The van der Waals surface area contributed by atoms with Crippen LogP contribution >= 0.6 is 34.8 Å². The molecule has 0 saturated heterocycles. The number of hydrogen-bond donors (Lipinski definition) is 1. The van der Waals surface area contributed by atoms with Gasteiger partial charge in [0.25, 0.3) is 5.91 Å². The second kappa shape index (κ2) is 5.73. The first-order valence-electron chi connectivity index (χ1n) is 4.44. The quantitative estimate of drug-likeness (QED) is 0.919. The summed E-state index contributed by atoms with van der Waals surface area (Å²) in [5, 5.41) is 3.55. The molecule has 0 aromatic heterocycles. The highest BCUT2D eigenvalue weighted by Crippen LogP contribution is 2.33. The molecule has 0 saturated carbocycles. The second-order valence-electron chi connectivity index (χ2n) is 3.11. The number of benzene rings is 1. The molecule has 0 heterocycles. The fraction of sp³-hybridized carbons (Fsp3) is 0.300. The molecule has 0 bridgehead atoms. The number of anilines is 1. The summed E-state index contributed by atoms with van der Waals surface area (Å²) < 4.78 is 4.86. The van der Waals surface area contributed by atoms with E-state index in [0.717, 1.165) is 0 Å². The molecule has 0 fully saturated rings. The molecule has 6 heteroatoms. The Labute approximate surface area is 109 Å². The van der Waals surface area contributed by atoms with E-state index in [0.29, 0.717) is 10.7 Å². The standard InChI is InChI=1S/C10H10Cl3NO2/c1-5(16-2)10(15)14-9-7(12)3-6(11)4-8(9)13/h3-5H,1-2H3,(H,14,15). The zero-order valence-electron chi connectivity index (χ0n) is 8.68. The van der Waals surface area contributed by atoms with Crippen LogP contribution in [0, 0.1) is 0 Å². The first-order valence-corrected chi connectivity index (χ1v) is 5.57. The van der Waals surface area contributed by atoms with Gasteiger partial charge >= 0.3 is 0 Å². The molecule has 88 valence electrons. The van der Waals surface area contributed by atoms with Crippen LogP contribution in [0.15, 0.2) is 12.1 Å². The van der Waals surface area contributed by atoms with Gasteiger partial charge in [0.05, 0.1) is 15.7 Å². The normalized spacial score (nSPS) is 12.3. The molecule has 1 N–H and O–H groups in total. The number of carbonyl (C=O) groups excluding carboxylic acids is 1. The zero-order valence-corrected chi connectivity index (χ0v) is 11.0. The molecule has 1 aromatic carbocycles. The minimum atomic E-state index is -0.581. The van der Waals surface area contributed by atoms with Gasteiger partial charge in [-0.05, 0) is 19.1 Å². The van der Waals surface area contributed by atoms with Gasteiger partial charge in [0.2, 0.25) is 0 Å². The first-order chi connectivity index (χ1) is 7.45. The third-order valence-electron chi connectivity index (χ3n) is 1.98. The Balaban J connectivity index is 2.93. The average molecular weight is 283 g/mol. The molecule has 3 nitrogen and oxygen atoms in total. The van der Waals surface area contributed by atoms with Crippen molar-refractivity contribution in [3.8, 4) is 0 Å². The van der Waals surface area contributed by atoms with E-state index in [1.807, 2.05) is 0 Å². The Kier molecular flexibility index (Phi) is 4.87. The van der Waals surface area contributed by atoms with Gasteiger partial charge in [-0.3, -0.25) is 4.79 Å². The van der Waals surface area contributed by atoms with Crippen molar-refractivity contribution in [3.63, 3.8) is 0 Å². The van der Waals surface area contributed by atoms with Crippen molar-refractivity contribution in [1.29, 1.82) is 0 Å². The van der Waals surface area contributed by atoms with Crippen LogP contribution in [0.2, 0.25) is 15.1 Å². The minimum absolute atomic E-state index is 0.286. The Bertz CT molecular complexity index is 386. The number of amides is 1. The summed E-state index contributed by atoms with van der Waals surface area (Å²) in [4.78, 5) is 11.5. The number of rotatable bonds is 3. The summed E-state index contributed by atoms with van der Waals surface area (Å²) in [5.41, 5.74) is 0.335. The lowest BCUT2D eigenvalue weighted by molar-refractivity contribution is -0.124. The molecule has 0 aliphatic carbocycles. The van der Waals surface area contributed by atoms with Crippen molar-refractivity contribution in [2.45, 2.75) is 13.0 Å². The second-order valence-corrected chi connectivity index (χ2v) is 4.36. The fourth-order valence-corrected chi connectivity index (χ4v) is 1.90. The average Bonchev–Trinajstić information content (AvgIpc) is 2.21. The number of nitrogens with one attached hydrogen (secondary N) is 1. The van der Waals surface area contributed by atoms with Gasteiger partial charge < -0.3 is 10.1 Å². The molecule has 0 aliphatic heterocycles. The van der Waals surface area contributed by atoms with Gasteiger partial charge in [-0.15, -0.1) is 0 Å². The summed E-state index contributed by atoms with van der Waals surface area (Å²) in [6.45, 7) is 1.62. The molecule has 0 spiro atoms. The van der Waals surface area contributed by atoms with E-state index < -0.39 is 6.10 Å². The summed E-state index contributed by atoms with van der Waals surface area (Å²) in [5.74, 6) is -0.325. The first kappa shape index (κ1) is 13.6. The molecule has 1 atom stereocenters. The van der Waals surface area contributed by atoms with Crippen molar-refractivity contribution in [3.05, 3.63) is 27.2 Å². The van der Waals surface area contributed by atoms with E-state index in [4.69, 9.17) is 39.5 Å². The van der Waals surface area contributed by atoms with Crippen molar-refractivity contribution >= 4 is 46.4 Å². The van der Waals surface area contributed by atoms with Crippen LogP contribution in [-0.2, 0) is 9.53 Å². The molecule has 1 amide bonds. The summed E-state index contributed by atoms with van der Waals surface area (Å²) in [7, 11) is 1.44. The monoisotopic (exact) mass is 281 g/mol. The molecular formula is C10H10Cl3NO2. The lowest BCUT2D eigenvalue weighted by Crippen LogP contribution is -2.26. The number of ether oxygens (including phenoxy) is 1. The maximum Gasteiger partial charge on any atom is 0.253 e. The minimum Gasteiger partial charge on any atom is -0.372 e. The predicted octanol–water partition coefficient (Wildman–Crippen LogP) is 3.62. The SMILES string of the molecule is COC(C)C(=O)Nc1c(Cl)cc(Cl)cc1Cl. The van der Waals surface area contributed by atoms with Gasteiger partial charge in [-0.25, -0.2) is 0 Å². The molecule has 0 radical (unpaired) electrons. The number of carbonyl (C=O) groups is 1. The largest absolute Gasteiger partial charge is 0.372 e. The van der Waals surface area contributed by atoms with Crippen LogP contribution in [0.5, 0.6) is 0 Å². The van der Waals surface area contributed by atoms with Gasteiger partial charge in [0.15, 0.2) is 0 Å². The Morgan fingerprint density at radius 1 is 1.31 bits per heavy atom. The summed E-state index contributed by atoms with van der Waals surface area (Å²) in [6, 6.07) is 3.00. The zero-order chi connectivity index (χ0) is 12.3. The van der Waals surface area contributed by atoms with E-state index in [1.54, 1.807) is 6.92 Å². The maximum atomic E-state index is 11.5. The van der Waals surface area contributed by atoms with Crippen molar-refractivity contribution in [1.82, 2.24) is 0 Å². The summed E-state index contributed by atoms with van der Waals surface area (Å²) in [6.07, 6.45) is -0.581. The van der Waals surface area contributed by atoms with Crippen LogP contribution in [-0.4, -0.2) is 19.1 Å². The predicted molar refractivity (Wildman–Crippen MR) is 66.6 cm³/mol. The van der Waals surface area contributed by atoms with Gasteiger partial charge in [0, 0.05) is 12.1 Å². The van der Waals surface area contributed by atoms with Crippen LogP contribution in [0.3, 0.4) is 0 Å². The summed E-state index contributed by atoms with van der Waals surface area (Å²) >= 11 is 17.5. The lowest BCUT2D eigenvalue weighted by Gasteiger charge is -2.13. The molecule has 1 aromatic rings. The van der Waals surface area contributed by atoms with Crippen LogP contribution < -0.4 is 5.32 Å². The smallest absolute Gasteiger partial charge is 0.253 e. The Morgan fingerprint density at radius 3 is 2.25 bits per heavy atom. The molecule has 16 heavy (non-hydrogen) atoms. The van der Waals surface area contributed by atoms with Gasteiger partial charge in [-0.2, -0.15) is 0 Å². The maximum absolute atomic E-state index is 11.5. The van der Waals surface area contributed by atoms with E-state index >= 15 is 0 Å². The highest BCUT2D eigenvalue weighted by Gasteiger charge is 2.15. The molecule has 1 unspecified atom stereocenters. The number of halogens is 3. The number of methoxy groups -OCH3 is 1. The Hall–Kier alpha value is -0.480. The van der Waals surface area contributed by atoms with Crippen LogP contribution in [0.1, 0.15) is 6.92 Å².